The average molecular weight is 687 g/mol. The fraction of sp³-hybridized carbons (Fsp3) is 0.500. The Balaban J connectivity index is 2.39. The molecule has 0 bridgehead atoms. The van der Waals surface area contributed by atoms with Crippen LogP contribution < -0.4 is 16.4 Å². The summed E-state index contributed by atoms with van der Waals surface area (Å²) in [5.74, 6) is -1.50. The van der Waals surface area contributed by atoms with Crippen molar-refractivity contribution >= 4 is 39.3 Å². The first-order chi connectivity index (χ1) is 22.7. The van der Waals surface area contributed by atoms with E-state index in [9.17, 15) is 24.6 Å². The van der Waals surface area contributed by atoms with Crippen molar-refractivity contribution in [3.8, 4) is 0 Å². The second kappa shape index (κ2) is 25.9. The van der Waals surface area contributed by atoms with Crippen LogP contribution in [0, 0.1) is 0 Å². The molecule has 0 aliphatic heterocycles. The van der Waals surface area contributed by atoms with Crippen LogP contribution in [0.3, 0.4) is 0 Å². The monoisotopic (exact) mass is 686 g/mol. The number of aliphatic hydroxyl groups excluding tert-OH is 2. The molecule has 1 rings (SSSR count). The molecule has 1 aromatic rings. The van der Waals surface area contributed by atoms with E-state index in [2.05, 4.69) is 83.3 Å². The van der Waals surface area contributed by atoms with Crippen LogP contribution in [-0.2, 0) is 9.59 Å². The van der Waals surface area contributed by atoms with Crippen molar-refractivity contribution in [2.45, 2.75) is 88.8 Å². The van der Waals surface area contributed by atoms with E-state index in [1.165, 1.54) is 33.9 Å². The lowest BCUT2D eigenvalue weighted by atomic mass is 9.87. The molecule has 1 atom stereocenters. The first-order valence-corrected chi connectivity index (χ1v) is 18.6. The Morgan fingerprint density at radius 2 is 1.51 bits per heavy atom. The highest BCUT2D eigenvalue weighted by atomic mass is 33.1. The average Bonchev–Trinajstić information content (AvgIpc) is 3.04. The van der Waals surface area contributed by atoms with Gasteiger partial charge in [-0.05, 0) is 70.9 Å². The molecule has 0 saturated carbocycles. The number of nitrogens with two attached hydrogens (primary N) is 1. The largest absolute Gasteiger partial charge is 0.394 e. The van der Waals surface area contributed by atoms with Crippen LogP contribution >= 0.6 is 21.6 Å². The molecule has 0 aromatic carbocycles. The van der Waals surface area contributed by atoms with Gasteiger partial charge in [0.1, 0.15) is 0 Å². The third kappa shape index (κ3) is 18.7. The van der Waals surface area contributed by atoms with Crippen LogP contribution in [0.1, 0.15) is 94.1 Å². The highest BCUT2D eigenvalue weighted by Crippen LogP contribution is 2.45. The SMILES string of the molecule is CC/C=C\C/C=C\C/C=C\C/C=C\C/C=C\CCCC(=O)NCCSSC(C)(C)[C@@H](C(=O)NC(CO)CO)c1ncccc1C(N)=O. The maximum atomic E-state index is 13.3. The van der Waals surface area contributed by atoms with Crippen molar-refractivity contribution in [1.29, 1.82) is 0 Å². The molecule has 3 amide bonds. The van der Waals surface area contributed by atoms with Gasteiger partial charge >= 0.3 is 0 Å². The first kappa shape index (κ1) is 41.9. The zero-order chi connectivity index (χ0) is 34.8. The second-order valence-electron chi connectivity index (χ2n) is 11.3. The smallest absolute Gasteiger partial charge is 0.250 e. The van der Waals surface area contributed by atoms with Gasteiger partial charge in [0.25, 0.3) is 5.91 Å². The summed E-state index contributed by atoms with van der Waals surface area (Å²) >= 11 is 0. The predicted molar refractivity (Wildman–Crippen MR) is 197 cm³/mol. The number of amides is 3. The third-order valence-electron chi connectivity index (χ3n) is 6.84. The van der Waals surface area contributed by atoms with E-state index in [-0.39, 0.29) is 17.2 Å². The quantitative estimate of drug-likeness (QED) is 0.0482. The number of nitrogens with zero attached hydrogens (tertiary/aromatic N) is 1. The van der Waals surface area contributed by atoms with Gasteiger partial charge in [0.15, 0.2) is 0 Å². The summed E-state index contributed by atoms with van der Waals surface area (Å²) in [5.41, 5.74) is 5.93. The lowest BCUT2D eigenvalue weighted by molar-refractivity contribution is -0.124. The fourth-order valence-electron chi connectivity index (χ4n) is 4.37. The number of carbonyl (C=O) groups excluding carboxylic acids is 3. The molecule has 6 N–H and O–H groups in total. The van der Waals surface area contributed by atoms with Crippen molar-refractivity contribution in [1.82, 2.24) is 15.6 Å². The van der Waals surface area contributed by atoms with Crippen LogP contribution in [0.5, 0.6) is 0 Å². The fourth-order valence-corrected chi connectivity index (χ4v) is 6.96. The van der Waals surface area contributed by atoms with E-state index in [1.807, 2.05) is 13.8 Å². The van der Waals surface area contributed by atoms with E-state index in [0.29, 0.717) is 18.7 Å². The maximum Gasteiger partial charge on any atom is 0.250 e. The lowest BCUT2D eigenvalue weighted by Gasteiger charge is -2.33. The maximum absolute atomic E-state index is 13.3. The normalized spacial score (nSPS) is 13.1. The summed E-state index contributed by atoms with van der Waals surface area (Å²) in [6.07, 6.45) is 30.1. The summed E-state index contributed by atoms with van der Waals surface area (Å²) in [5, 5.41) is 24.5. The molecule has 0 unspecified atom stereocenters. The Hall–Kier alpha value is -3.12. The Morgan fingerprint density at radius 1 is 0.936 bits per heavy atom. The van der Waals surface area contributed by atoms with Gasteiger partial charge in [0, 0.05) is 29.7 Å². The molecule has 0 spiro atoms. The minimum Gasteiger partial charge on any atom is -0.394 e. The van der Waals surface area contributed by atoms with E-state index >= 15 is 0 Å². The number of aliphatic hydroxyl groups is 2. The molecule has 0 radical (unpaired) electrons. The number of allylic oxidation sites excluding steroid dienone is 10. The van der Waals surface area contributed by atoms with Gasteiger partial charge in [0.05, 0.1) is 36.4 Å². The van der Waals surface area contributed by atoms with Gasteiger partial charge in [-0.3, -0.25) is 19.4 Å². The molecule has 0 saturated heterocycles. The molecule has 47 heavy (non-hydrogen) atoms. The van der Waals surface area contributed by atoms with Gasteiger partial charge in [-0.1, -0.05) is 89.3 Å². The van der Waals surface area contributed by atoms with Crippen molar-refractivity contribution in [3.05, 3.63) is 90.3 Å². The summed E-state index contributed by atoms with van der Waals surface area (Å²) < 4.78 is -0.770. The number of primary amides is 1. The van der Waals surface area contributed by atoms with Gasteiger partial charge in [-0.15, -0.1) is 0 Å². The van der Waals surface area contributed by atoms with Crippen molar-refractivity contribution in [2.75, 3.05) is 25.5 Å². The molecule has 0 aliphatic rings. The Kier molecular flexibility index (Phi) is 23.1. The van der Waals surface area contributed by atoms with Crippen molar-refractivity contribution in [2.24, 2.45) is 5.73 Å². The van der Waals surface area contributed by atoms with E-state index in [4.69, 9.17) is 5.73 Å². The number of unbranched alkanes of at least 4 members (excludes halogenated alkanes) is 1. The van der Waals surface area contributed by atoms with Crippen LogP contribution in [0.15, 0.2) is 79.1 Å². The molecule has 9 nitrogen and oxygen atoms in total. The highest BCUT2D eigenvalue weighted by Gasteiger charge is 2.41. The van der Waals surface area contributed by atoms with Gasteiger partial charge < -0.3 is 26.6 Å². The summed E-state index contributed by atoms with van der Waals surface area (Å²) in [4.78, 5) is 42.1. The number of pyridine rings is 1. The van der Waals surface area contributed by atoms with E-state index < -0.39 is 41.7 Å². The van der Waals surface area contributed by atoms with Crippen LogP contribution in [0.2, 0.25) is 0 Å². The number of hydrogen-bond acceptors (Lipinski definition) is 8. The van der Waals surface area contributed by atoms with E-state index in [1.54, 1.807) is 6.07 Å². The second-order valence-corrected chi connectivity index (χ2v) is 14.3. The van der Waals surface area contributed by atoms with Gasteiger partial charge in [-0.25, -0.2) is 0 Å². The molecule has 260 valence electrons. The molecule has 11 heteroatoms. The molecule has 1 heterocycles. The number of hydrogen-bond donors (Lipinski definition) is 5. The Labute approximate surface area is 289 Å². The topological polar surface area (TPSA) is 155 Å². The molecule has 0 fully saturated rings. The molecular weight excluding hydrogens is 633 g/mol. The van der Waals surface area contributed by atoms with Crippen molar-refractivity contribution in [3.63, 3.8) is 0 Å². The summed E-state index contributed by atoms with van der Waals surface area (Å²) in [6.45, 7) is 5.44. The van der Waals surface area contributed by atoms with Crippen LogP contribution in [0.4, 0.5) is 0 Å². The number of carbonyl (C=O) groups is 3. The van der Waals surface area contributed by atoms with E-state index in [0.717, 1.165) is 44.9 Å². The van der Waals surface area contributed by atoms with Gasteiger partial charge in [-0.2, -0.15) is 0 Å². The molecule has 1 aromatic heterocycles. The minimum atomic E-state index is -0.908. The standard InChI is InChI=1S/C36H54N4O5S2/c1-4-5-6-7-8-9-10-11-12-13-14-15-16-17-18-19-20-23-31(43)38-25-26-46-47-36(2,3)32(35(45)40-29(27-41)28-42)33-30(34(37)44)22-21-24-39-33/h5-6,8-9,11-12,14-15,17-18,21-22,24,29,32,41-42H,4,7,10,13,16,19-20,23,25-28H2,1-3H3,(H2,37,44)(H,38,43)(H,40,45)/b6-5-,9-8-,12-11-,15-14-,18-17-/t32-/m1/s1. The van der Waals surface area contributed by atoms with Crippen LogP contribution in [0.25, 0.3) is 0 Å². The zero-order valence-corrected chi connectivity index (χ0v) is 29.7. The first-order valence-electron chi connectivity index (χ1n) is 16.3. The zero-order valence-electron chi connectivity index (χ0n) is 28.1. The van der Waals surface area contributed by atoms with Crippen molar-refractivity contribution < 1.29 is 24.6 Å². The van der Waals surface area contributed by atoms with Crippen LogP contribution in [-0.4, -0.2) is 69.2 Å². The molecular formula is C36H54N4O5S2. The lowest BCUT2D eigenvalue weighted by Crippen LogP contribution is -2.47. The summed E-state index contributed by atoms with van der Waals surface area (Å²) in [6, 6.07) is 2.24. The number of aromatic nitrogens is 1. The third-order valence-corrected chi connectivity index (χ3v) is 10.1. The van der Waals surface area contributed by atoms with Gasteiger partial charge in [0.2, 0.25) is 11.8 Å². The number of rotatable bonds is 25. The minimum absolute atomic E-state index is 0.00176. The number of nitrogens with one attached hydrogen (secondary N) is 2. The highest BCUT2D eigenvalue weighted by molar-refractivity contribution is 8.77. The molecule has 0 aliphatic carbocycles. The Morgan fingerprint density at radius 3 is 2.06 bits per heavy atom. The summed E-state index contributed by atoms with van der Waals surface area (Å²) in [7, 11) is 2.92. The predicted octanol–water partition coefficient (Wildman–Crippen LogP) is 5.93. The Bertz CT molecular complexity index is 1210.